The molecule has 2 rings (SSSR count). The highest BCUT2D eigenvalue weighted by atomic mass is 16.3. The second-order valence-corrected chi connectivity index (χ2v) is 6.09. The summed E-state index contributed by atoms with van der Waals surface area (Å²) in [5.41, 5.74) is 1.12. The molecule has 0 saturated carbocycles. The summed E-state index contributed by atoms with van der Waals surface area (Å²) >= 11 is 0. The van der Waals surface area contributed by atoms with Crippen molar-refractivity contribution >= 4 is 28.5 Å². The van der Waals surface area contributed by atoms with Crippen molar-refractivity contribution in [2.45, 2.75) is 25.7 Å². The molecule has 2 N–H and O–H groups in total. The van der Waals surface area contributed by atoms with Gasteiger partial charge in [0.05, 0.1) is 0 Å². The number of amides is 1. The number of hydrogen-bond acceptors (Lipinski definition) is 3. The van der Waals surface area contributed by atoms with Crippen molar-refractivity contribution in [3.63, 3.8) is 0 Å². The van der Waals surface area contributed by atoms with E-state index in [-0.39, 0.29) is 18.3 Å². The monoisotopic (exact) mass is 351 g/mol. The molecule has 0 unspecified atom stereocenters. The standard InChI is InChI=1S/C22H25NO3/c24-17-20(25)13-2-1-7-16-23-22(26)15-6-4-10-19-12-8-11-18-9-3-5-14-21(18)19/h3-6,8-12,14-15,24H,1-2,7,13,16-17H2,(H,23,26)/b10-4+,15-6+. The van der Waals surface area contributed by atoms with Crippen molar-refractivity contribution < 1.29 is 14.7 Å². The van der Waals surface area contributed by atoms with Crippen molar-refractivity contribution in [2.75, 3.05) is 13.2 Å². The normalized spacial score (nSPS) is 11.4. The number of carbonyl (C=O) groups excluding carboxylic acids is 2. The first-order chi connectivity index (χ1) is 12.7. The Balaban J connectivity index is 1.71. The van der Waals surface area contributed by atoms with Crippen LogP contribution in [-0.2, 0) is 9.59 Å². The van der Waals surface area contributed by atoms with E-state index in [0.717, 1.165) is 24.8 Å². The maximum absolute atomic E-state index is 11.7. The number of aliphatic hydroxyl groups is 1. The minimum absolute atomic E-state index is 0.126. The Hall–Kier alpha value is -2.72. The van der Waals surface area contributed by atoms with Crippen LogP contribution in [0.2, 0.25) is 0 Å². The van der Waals surface area contributed by atoms with Crippen LogP contribution in [0, 0.1) is 0 Å². The number of hydrogen-bond donors (Lipinski definition) is 2. The molecule has 0 aliphatic heterocycles. The van der Waals surface area contributed by atoms with E-state index in [1.807, 2.05) is 36.4 Å². The number of allylic oxidation sites excluding steroid dienone is 2. The third kappa shape index (κ3) is 6.65. The number of aliphatic hydroxyl groups excluding tert-OH is 1. The van der Waals surface area contributed by atoms with Gasteiger partial charge in [0.15, 0.2) is 5.78 Å². The quantitative estimate of drug-likeness (QED) is 0.390. The molecular weight excluding hydrogens is 326 g/mol. The highest BCUT2D eigenvalue weighted by Crippen LogP contribution is 2.19. The van der Waals surface area contributed by atoms with Gasteiger partial charge in [-0.2, -0.15) is 0 Å². The molecule has 0 spiro atoms. The molecule has 0 heterocycles. The predicted molar refractivity (Wildman–Crippen MR) is 106 cm³/mol. The Bertz CT molecular complexity index is 788. The van der Waals surface area contributed by atoms with Gasteiger partial charge in [0, 0.05) is 19.0 Å². The smallest absolute Gasteiger partial charge is 0.243 e. The summed E-state index contributed by atoms with van der Waals surface area (Å²) in [6.07, 6.45) is 9.93. The van der Waals surface area contributed by atoms with E-state index in [0.29, 0.717) is 13.0 Å². The molecular formula is C22H25NO3. The van der Waals surface area contributed by atoms with Gasteiger partial charge in [-0.05, 0) is 29.2 Å². The fraction of sp³-hybridized carbons (Fsp3) is 0.273. The van der Waals surface area contributed by atoms with Crippen LogP contribution >= 0.6 is 0 Å². The zero-order valence-corrected chi connectivity index (χ0v) is 14.9. The van der Waals surface area contributed by atoms with E-state index in [1.165, 1.54) is 16.8 Å². The first-order valence-corrected chi connectivity index (χ1v) is 8.93. The molecule has 26 heavy (non-hydrogen) atoms. The third-order valence-electron chi connectivity index (χ3n) is 4.07. The molecule has 4 nitrogen and oxygen atoms in total. The zero-order valence-electron chi connectivity index (χ0n) is 14.9. The number of unbranched alkanes of at least 4 members (excludes halogenated alkanes) is 2. The minimum Gasteiger partial charge on any atom is -0.389 e. The molecule has 0 aliphatic carbocycles. The first-order valence-electron chi connectivity index (χ1n) is 8.93. The fourth-order valence-corrected chi connectivity index (χ4v) is 2.67. The number of benzene rings is 2. The van der Waals surface area contributed by atoms with Crippen LogP contribution in [0.4, 0.5) is 0 Å². The highest BCUT2D eigenvalue weighted by Gasteiger charge is 1.99. The Morgan fingerprint density at radius 3 is 2.62 bits per heavy atom. The lowest BCUT2D eigenvalue weighted by molar-refractivity contribution is -0.122. The van der Waals surface area contributed by atoms with E-state index >= 15 is 0 Å². The number of nitrogens with one attached hydrogen (secondary N) is 1. The molecule has 0 bridgehead atoms. The molecule has 2 aromatic carbocycles. The van der Waals surface area contributed by atoms with Crippen molar-refractivity contribution in [3.05, 3.63) is 66.3 Å². The van der Waals surface area contributed by atoms with Gasteiger partial charge in [0.1, 0.15) is 6.61 Å². The van der Waals surface area contributed by atoms with Crippen LogP contribution in [0.15, 0.2) is 60.7 Å². The maximum Gasteiger partial charge on any atom is 0.243 e. The predicted octanol–water partition coefficient (Wildman–Crippen LogP) is 3.65. The van der Waals surface area contributed by atoms with E-state index in [2.05, 4.69) is 23.5 Å². The number of rotatable bonds is 10. The van der Waals surface area contributed by atoms with Gasteiger partial charge in [-0.25, -0.2) is 0 Å². The van der Waals surface area contributed by atoms with Crippen LogP contribution in [-0.4, -0.2) is 29.9 Å². The summed E-state index contributed by atoms with van der Waals surface area (Å²) in [7, 11) is 0. The van der Waals surface area contributed by atoms with E-state index in [9.17, 15) is 9.59 Å². The lowest BCUT2D eigenvalue weighted by Crippen LogP contribution is -2.22. The Kier molecular flexibility index (Phi) is 8.30. The van der Waals surface area contributed by atoms with E-state index in [4.69, 9.17) is 5.11 Å². The molecule has 0 radical (unpaired) electrons. The molecule has 136 valence electrons. The minimum atomic E-state index is -0.381. The molecule has 0 saturated heterocycles. The summed E-state index contributed by atoms with van der Waals surface area (Å²) in [5.74, 6) is -0.256. The molecule has 0 aliphatic rings. The van der Waals surface area contributed by atoms with Gasteiger partial charge in [-0.1, -0.05) is 67.1 Å². The van der Waals surface area contributed by atoms with Gasteiger partial charge >= 0.3 is 0 Å². The topological polar surface area (TPSA) is 66.4 Å². The van der Waals surface area contributed by atoms with E-state index < -0.39 is 0 Å². The molecule has 0 fully saturated rings. The maximum atomic E-state index is 11.7. The second-order valence-electron chi connectivity index (χ2n) is 6.09. The summed E-state index contributed by atoms with van der Waals surface area (Å²) < 4.78 is 0. The molecule has 1 amide bonds. The highest BCUT2D eigenvalue weighted by molar-refractivity contribution is 5.91. The third-order valence-corrected chi connectivity index (χ3v) is 4.07. The van der Waals surface area contributed by atoms with Crippen LogP contribution in [0.5, 0.6) is 0 Å². The van der Waals surface area contributed by atoms with Crippen LogP contribution < -0.4 is 5.32 Å². The zero-order chi connectivity index (χ0) is 18.6. The van der Waals surface area contributed by atoms with Gasteiger partial charge in [0.2, 0.25) is 5.91 Å². The van der Waals surface area contributed by atoms with Gasteiger partial charge < -0.3 is 10.4 Å². The van der Waals surface area contributed by atoms with E-state index in [1.54, 1.807) is 6.08 Å². The van der Waals surface area contributed by atoms with Gasteiger partial charge in [0.25, 0.3) is 0 Å². The van der Waals surface area contributed by atoms with Crippen LogP contribution in [0.3, 0.4) is 0 Å². The summed E-state index contributed by atoms with van der Waals surface area (Å²) in [6.45, 7) is 0.206. The first kappa shape index (κ1) is 19.6. The number of carbonyl (C=O) groups is 2. The van der Waals surface area contributed by atoms with Crippen LogP contribution in [0.25, 0.3) is 16.8 Å². The second kappa shape index (κ2) is 11.0. The number of Topliss-reactive ketones (excluding diaryl/α,β-unsaturated/α-hetero) is 1. The molecule has 0 aromatic heterocycles. The van der Waals surface area contributed by atoms with Crippen molar-refractivity contribution in [2.24, 2.45) is 0 Å². The molecule has 4 heteroatoms. The number of ketones is 1. The summed E-state index contributed by atoms with van der Waals surface area (Å²) in [4.78, 5) is 22.7. The number of fused-ring (bicyclic) bond motifs is 1. The summed E-state index contributed by atoms with van der Waals surface area (Å²) in [6, 6.07) is 14.3. The average Bonchev–Trinajstić information content (AvgIpc) is 2.67. The van der Waals surface area contributed by atoms with Crippen molar-refractivity contribution in [3.8, 4) is 0 Å². The van der Waals surface area contributed by atoms with Crippen molar-refractivity contribution in [1.82, 2.24) is 5.32 Å². The largest absolute Gasteiger partial charge is 0.389 e. The average molecular weight is 351 g/mol. The molecule has 0 atom stereocenters. The Labute approximate surface area is 154 Å². The summed E-state index contributed by atoms with van der Waals surface area (Å²) in [5, 5.41) is 13.8. The molecule has 2 aromatic rings. The van der Waals surface area contributed by atoms with Crippen LogP contribution in [0.1, 0.15) is 31.2 Å². The SMILES string of the molecule is O=C(CO)CCCCCNC(=O)/C=C/C=C/c1cccc2ccccc12. The lowest BCUT2D eigenvalue weighted by Gasteiger charge is -2.02. The Morgan fingerprint density at radius 1 is 0.962 bits per heavy atom. The Morgan fingerprint density at radius 2 is 1.77 bits per heavy atom. The van der Waals surface area contributed by atoms with Gasteiger partial charge in [-0.3, -0.25) is 9.59 Å². The van der Waals surface area contributed by atoms with Crippen molar-refractivity contribution in [1.29, 1.82) is 0 Å². The lowest BCUT2D eigenvalue weighted by atomic mass is 10.0. The van der Waals surface area contributed by atoms with Gasteiger partial charge in [-0.15, -0.1) is 0 Å². The fourth-order valence-electron chi connectivity index (χ4n) is 2.67.